The molecule has 8 rings (SSSR count). The Morgan fingerprint density at radius 1 is 0.793 bits per heavy atom. The quantitative estimate of drug-likeness (QED) is 0.0205. The number of hydrogen-bond acceptors (Lipinski definition) is 15. The summed E-state index contributed by atoms with van der Waals surface area (Å²) in [6, 6.07) is 8.00. The number of amides is 9. The van der Waals surface area contributed by atoms with Gasteiger partial charge >= 0.3 is 11.9 Å². The summed E-state index contributed by atoms with van der Waals surface area (Å²) in [4.78, 5) is 159. The number of benzene rings is 2. The van der Waals surface area contributed by atoms with Crippen molar-refractivity contribution < 1.29 is 72.1 Å². The van der Waals surface area contributed by atoms with E-state index in [1.807, 2.05) is 0 Å². The van der Waals surface area contributed by atoms with E-state index in [1.54, 1.807) is 50.2 Å². The third kappa shape index (κ3) is 13.2. The molecule has 4 atom stereocenters. The number of carboxylic acid groups (broad SMARTS) is 1. The third-order valence-electron chi connectivity index (χ3n) is 14.8. The number of ether oxygens (including phenoxy) is 1. The Balaban J connectivity index is 0.811. The topological polar surface area (TPSA) is 360 Å². The molecule has 2 aromatic heterocycles. The van der Waals surface area contributed by atoms with Crippen LogP contribution in [0, 0.1) is 12.7 Å². The highest BCUT2D eigenvalue weighted by atomic mass is 19.1. The fraction of sp³-hybridized carbons (Fsp3) is 0.411. The summed E-state index contributed by atoms with van der Waals surface area (Å²) in [6.07, 6.45) is 3.05. The molecule has 4 aliphatic rings. The van der Waals surface area contributed by atoms with Gasteiger partial charge in [-0.05, 0) is 67.3 Å². The van der Waals surface area contributed by atoms with Crippen molar-refractivity contribution in [3.8, 4) is 11.4 Å². The second-order valence-corrected chi connectivity index (χ2v) is 20.3. The van der Waals surface area contributed by atoms with Crippen molar-refractivity contribution >= 4 is 76.0 Å². The molecule has 9 amide bonds. The normalized spacial score (nSPS) is 17.1. The zero-order valence-electron chi connectivity index (χ0n) is 44.9. The van der Waals surface area contributed by atoms with Gasteiger partial charge in [-0.2, -0.15) is 0 Å². The van der Waals surface area contributed by atoms with Crippen molar-refractivity contribution in [3.63, 3.8) is 0 Å². The number of aryl methyl sites for hydroxylation is 1. The van der Waals surface area contributed by atoms with Crippen molar-refractivity contribution in [2.75, 3.05) is 32.7 Å². The number of halogens is 1. The maximum Gasteiger partial charge on any atom is 0.343 e. The minimum Gasteiger partial charge on any atom is -0.481 e. The number of esters is 1. The molecule has 25 nitrogen and oxygen atoms in total. The lowest BCUT2D eigenvalue weighted by Crippen LogP contribution is -2.53. The van der Waals surface area contributed by atoms with Crippen LogP contribution in [-0.4, -0.2) is 135 Å². The van der Waals surface area contributed by atoms with Crippen LogP contribution in [0.2, 0.25) is 0 Å². The van der Waals surface area contributed by atoms with Crippen molar-refractivity contribution in [2.45, 2.75) is 115 Å². The van der Waals surface area contributed by atoms with Gasteiger partial charge in [-0.3, -0.25) is 57.6 Å². The fourth-order valence-electron chi connectivity index (χ4n) is 10.5. The van der Waals surface area contributed by atoms with E-state index in [0.29, 0.717) is 82.2 Å². The molecule has 3 aliphatic heterocycles. The number of fused-ring (bicyclic) bond motifs is 5. The molecule has 26 heteroatoms. The first-order valence-electron chi connectivity index (χ1n) is 26.7. The molecule has 5 heterocycles. The number of rotatable bonds is 25. The van der Waals surface area contributed by atoms with Gasteiger partial charge in [-0.15, -0.1) is 0 Å². The SMILES string of the molecule is CC[C@@]1(O)C(=O)OCc2c1cc1n(c2=O)Cc2c-1nc1cc(F)c(C)c3c1c2[C@@H](NC(=O)CCNC(=O)CNC(=O)[C@H](Cc1ccccc1)NC(=O)CNC(=O)CNC(=O)[C@H](CC(=O)O)NC(=O)CCCCCN1C(=O)C=CC1=O)CC3. The van der Waals surface area contributed by atoms with Crippen LogP contribution in [0.25, 0.3) is 22.3 Å². The molecule has 1 aliphatic carbocycles. The number of aliphatic carboxylic acids is 1. The highest BCUT2D eigenvalue weighted by Gasteiger charge is 2.46. The Labute approximate surface area is 467 Å². The molecule has 82 heavy (non-hydrogen) atoms. The average Bonchev–Trinajstić information content (AvgIpc) is 1.74. The van der Waals surface area contributed by atoms with Gasteiger partial charge in [-0.25, -0.2) is 14.2 Å². The Morgan fingerprint density at radius 2 is 1.46 bits per heavy atom. The van der Waals surface area contributed by atoms with Gasteiger partial charge in [0.05, 0.1) is 61.1 Å². The van der Waals surface area contributed by atoms with E-state index in [2.05, 4.69) is 37.2 Å². The van der Waals surface area contributed by atoms with Gasteiger partial charge in [0.2, 0.25) is 41.4 Å². The Hall–Kier alpha value is -9.20. The minimum atomic E-state index is -2.07. The number of carbonyl (C=O) groups excluding carboxylic acids is 10. The van der Waals surface area contributed by atoms with Crippen LogP contribution in [0.3, 0.4) is 0 Å². The first kappa shape index (κ1) is 58.9. The van der Waals surface area contributed by atoms with Crippen molar-refractivity contribution in [2.24, 2.45) is 0 Å². The van der Waals surface area contributed by atoms with Crippen LogP contribution in [0.4, 0.5) is 4.39 Å². The first-order valence-corrected chi connectivity index (χ1v) is 26.7. The number of carbonyl (C=O) groups is 11. The number of pyridine rings is 2. The van der Waals surface area contributed by atoms with Crippen LogP contribution in [-0.2, 0) is 89.1 Å². The summed E-state index contributed by atoms with van der Waals surface area (Å²) in [5.74, 6) is -8.85. The van der Waals surface area contributed by atoms with Crippen molar-refractivity contribution in [3.05, 3.63) is 110 Å². The number of nitrogens with one attached hydrogen (secondary N) is 7. The number of aromatic nitrogens is 2. The molecule has 0 radical (unpaired) electrons. The first-order chi connectivity index (χ1) is 39.2. The van der Waals surface area contributed by atoms with Gasteiger partial charge in [0.1, 0.15) is 24.5 Å². The van der Waals surface area contributed by atoms with E-state index >= 15 is 4.39 Å². The van der Waals surface area contributed by atoms with Crippen molar-refractivity contribution in [1.82, 2.24) is 51.7 Å². The van der Waals surface area contributed by atoms with Gasteiger partial charge in [-0.1, -0.05) is 43.7 Å². The number of aliphatic hydroxyl groups is 1. The summed E-state index contributed by atoms with van der Waals surface area (Å²) in [5, 5.41) is 38.8. The minimum absolute atomic E-state index is 0.0323. The van der Waals surface area contributed by atoms with E-state index in [4.69, 9.17) is 9.72 Å². The maximum atomic E-state index is 15.4. The van der Waals surface area contributed by atoms with Crippen LogP contribution in [0.1, 0.15) is 103 Å². The lowest BCUT2D eigenvalue weighted by atomic mass is 9.81. The monoisotopic (exact) mass is 1130 g/mol. The van der Waals surface area contributed by atoms with E-state index < -0.39 is 126 Å². The summed E-state index contributed by atoms with van der Waals surface area (Å²) in [5.41, 5.74) is 1.66. The molecule has 9 N–H and O–H groups in total. The number of imide groups is 1. The molecular formula is C56H61FN10O15. The molecule has 0 saturated carbocycles. The Kier molecular flexibility index (Phi) is 18.3. The smallest absolute Gasteiger partial charge is 0.343 e. The van der Waals surface area contributed by atoms with E-state index in [1.165, 1.54) is 10.6 Å². The average molecular weight is 1130 g/mol. The van der Waals surface area contributed by atoms with Crippen LogP contribution >= 0.6 is 0 Å². The molecule has 0 fully saturated rings. The molecule has 2 aromatic carbocycles. The standard InChI is InChI=1S/C56H61FN10O15/c1-3-56(81)34-21-40-51-32(27-67(40)54(79)33(34)28-82-55(56)80)50-36(14-13-31-29(2)35(57)22-37(65-51)49(31)50)62-42(69)17-18-58-43(70)24-60-52(77)38(20-30-10-6-4-7-11-30)64-45(72)26-59-44(71)25-61-53(78)39(23-48(75)76)63-41(68)12-8-5-9-19-66-46(73)15-16-47(66)74/h4,6-7,10-11,15-16,21-22,36,38-39,81H,3,5,8-9,12-14,17-20,23-28H2,1-2H3,(H,58,70)(H,59,71)(H,60,77)(H,61,78)(H,62,69)(H,63,68)(H,64,72)(H,75,76)/t36-,38-,39-,56-/m0/s1. The zero-order chi connectivity index (χ0) is 59.0. The van der Waals surface area contributed by atoms with E-state index in [0.717, 1.165) is 17.1 Å². The molecular weight excluding hydrogens is 1070 g/mol. The van der Waals surface area contributed by atoms with Gasteiger partial charge in [0.15, 0.2) is 5.60 Å². The third-order valence-corrected chi connectivity index (χ3v) is 14.8. The number of unbranched alkanes of at least 4 members (excludes halogenated alkanes) is 2. The van der Waals surface area contributed by atoms with Gasteiger partial charge in [0, 0.05) is 67.1 Å². The van der Waals surface area contributed by atoms with Gasteiger partial charge in [0.25, 0.3) is 17.4 Å². The summed E-state index contributed by atoms with van der Waals surface area (Å²) in [6.45, 7) is 1.03. The molecule has 4 aromatic rings. The number of nitrogens with zero attached hydrogens (tertiary/aromatic N) is 3. The lowest BCUT2D eigenvalue weighted by molar-refractivity contribution is -0.172. The van der Waals surface area contributed by atoms with E-state index in [-0.39, 0.29) is 63.1 Å². The second kappa shape index (κ2) is 25.5. The summed E-state index contributed by atoms with van der Waals surface area (Å²) >= 11 is 0. The largest absolute Gasteiger partial charge is 0.481 e. The predicted octanol–water partition coefficient (Wildman–Crippen LogP) is -0.342. The summed E-state index contributed by atoms with van der Waals surface area (Å²) < 4.78 is 22.1. The molecule has 0 saturated heterocycles. The fourth-order valence-corrected chi connectivity index (χ4v) is 10.5. The zero-order valence-corrected chi connectivity index (χ0v) is 44.9. The second-order valence-electron chi connectivity index (χ2n) is 20.3. The highest BCUT2D eigenvalue weighted by molar-refractivity contribution is 6.12. The predicted molar refractivity (Wildman–Crippen MR) is 286 cm³/mol. The van der Waals surface area contributed by atoms with Crippen molar-refractivity contribution in [1.29, 1.82) is 0 Å². The van der Waals surface area contributed by atoms with Crippen LogP contribution in [0.5, 0.6) is 0 Å². The van der Waals surface area contributed by atoms with Gasteiger partial charge < -0.3 is 56.7 Å². The lowest BCUT2D eigenvalue weighted by Gasteiger charge is -2.31. The highest BCUT2D eigenvalue weighted by Crippen LogP contribution is 2.46. The number of carboxylic acids is 1. The molecule has 0 bridgehead atoms. The molecule has 0 spiro atoms. The number of cyclic esters (lactones) is 1. The van der Waals surface area contributed by atoms with Crippen LogP contribution in [0.15, 0.2) is 59.4 Å². The Bertz CT molecular complexity index is 3380. The molecule has 432 valence electrons. The van der Waals surface area contributed by atoms with E-state index in [9.17, 15) is 67.7 Å². The molecule has 0 unspecified atom stereocenters. The Morgan fingerprint density at radius 3 is 2.16 bits per heavy atom. The number of hydrogen-bond donors (Lipinski definition) is 9. The maximum absolute atomic E-state index is 15.4. The van der Waals surface area contributed by atoms with Crippen LogP contribution < -0.4 is 42.8 Å². The summed E-state index contributed by atoms with van der Waals surface area (Å²) in [7, 11) is 0.